The smallest absolute Gasteiger partial charge is 0.416 e. The number of nitrogens with one attached hydrogen (secondary N) is 1. The quantitative estimate of drug-likeness (QED) is 0.867. The molecule has 25 heavy (non-hydrogen) atoms. The number of anilines is 1. The van der Waals surface area contributed by atoms with Crippen molar-refractivity contribution in [3.63, 3.8) is 0 Å². The van der Waals surface area contributed by atoms with Gasteiger partial charge in [-0.15, -0.1) is 0 Å². The number of amides is 2. The molecule has 0 aliphatic carbocycles. The Bertz CT molecular complexity index is 804. The number of benzene rings is 2. The van der Waals surface area contributed by atoms with Gasteiger partial charge >= 0.3 is 6.18 Å². The highest BCUT2D eigenvalue weighted by Crippen LogP contribution is 2.33. The summed E-state index contributed by atoms with van der Waals surface area (Å²) in [5.74, 6) is -1.29. The molecule has 0 radical (unpaired) electrons. The second-order valence-electron chi connectivity index (χ2n) is 5.23. The fourth-order valence-corrected chi connectivity index (χ4v) is 2.13. The average Bonchev–Trinajstić information content (AvgIpc) is 2.54. The number of ether oxygens (including phenoxy) is 1. The Labute approximate surface area is 141 Å². The molecule has 2 aromatic carbocycles. The molecule has 0 unspecified atom stereocenters. The maximum absolute atomic E-state index is 13.0. The number of hydrogen-bond acceptors (Lipinski definition) is 3. The fourth-order valence-electron chi connectivity index (χ4n) is 2.13. The summed E-state index contributed by atoms with van der Waals surface area (Å²) in [4.78, 5) is 23.1. The minimum atomic E-state index is -4.52. The maximum Gasteiger partial charge on any atom is 0.416 e. The zero-order chi connectivity index (χ0) is 18.6. The van der Waals surface area contributed by atoms with Crippen LogP contribution in [-0.4, -0.2) is 18.4 Å². The number of aryl methyl sites for hydroxylation is 1. The van der Waals surface area contributed by atoms with Gasteiger partial charge in [-0.25, -0.2) is 0 Å². The third-order valence-electron chi connectivity index (χ3n) is 3.30. The van der Waals surface area contributed by atoms with Crippen molar-refractivity contribution in [3.05, 3.63) is 59.2 Å². The minimum Gasteiger partial charge on any atom is -0.483 e. The number of para-hydroxylation sites is 1. The van der Waals surface area contributed by atoms with Gasteiger partial charge in [-0.3, -0.25) is 9.59 Å². The lowest BCUT2D eigenvalue weighted by Crippen LogP contribution is -2.21. The van der Waals surface area contributed by atoms with Crippen molar-refractivity contribution in [3.8, 4) is 5.75 Å². The maximum atomic E-state index is 13.0. The predicted molar refractivity (Wildman–Crippen MR) is 85.3 cm³/mol. The summed E-state index contributed by atoms with van der Waals surface area (Å²) < 4.78 is 44.0. The first kappa shape index (κ1) is 18.3. The summed E-state index contributed by atoms with van der Waals surface area (Å²) in [6.45, 7) is 0.911. The van der Waals surface area contributed by atoms with Gasteiger partial charge in [0.2, 0.25) is 0 Å². The number of rotatable bonds is 5. The van der Waals surface area contributed by atoms with Crippen LogP contribution in [-0.2, 0) is 11.0 Å². The van der Waals surface area contributed by atoms with E-state index in [1.54, 1.807) is 12.1 Å². The molecule has 5 nitrogen and oxygen atoms in total. The molecule has 0 spiro atoms. The van der Waals surface area contributed by atoms with E-state index >= 15 is 0 Å². The van der Waals surface area contributed by atoms with Crippen LogP contribution in [0.2, 0.25) is 0 Å². The zero-order valence-corrected chi connectivity index (χ0v) is 13.2. The topological polar surface area (TPSA) is 81.4 Å². The van der Waals surface area contributed by atoms with Gasteiger partial charge in [0.15, 0.2) is 6.61 Å². The molecule has 0 saturated carbocycles. The van der Waals surface area contributed by atoms with Crippen LogP contribution in [0.3, 0.4) is 0 Å². The van der Waals surface area contributed by atoms with Crippen LogP contribution in [0.25, 0.3) is 0 Å². The van der Waals surface area contributed by atoms with E-state index in [1.165, 1.54) is 31.2 Å². The summed E-state index contributed by atoms with van der Waals surface area (Å²) in [6, 6.07) is 9.52. The molecule has 0 saturated heterocycles. The lowest BCUT2D eigenvalue weighted by atomic mass is 10.1. The van der Waals surface area contributed by atoms with E-state index in [2.05, 4.69) is 5.32 Å². The van der Waals surface area contributed by atoms with E-state index in [-0.39, 0.29) is 22.6 Å². The van der Waals surface area contributed by atoms with Crippen LogP contribution >= 0.6 is 0 Å². The van der Waals surface area contributed by atoms with Crippen molar-refractivity contribution >= 4 is 17.5 Å². The van der Waals surface area contributed by atoms with Gasteiger partial charge in [0.05, 0.1) is 11.1 Å². The Morgan fingerprint density at radius 1 is 1.16 bits per heavy atom. The Hall–Kier alpha value is -3.03. The number of alkyl halides is 3. The normalized spacial score (nSPS) is 11.0. The number of carbonyl (C=O) groups is 2. The highest BCUT2D eigenvalue weighted by Gasteiger charge is 2.32. The van der Waals surface area contributed by atoms with Gasteiger partial charge in [-0.05, 0) is 36.8 Å². The van der Waals surface area contributed by atoms with E-state index in [0.717, 1.165) is 6.07 Å². The average molecular weight is 352 g/mol. The molecule has 0 aliphatic rings. The van der Waals surface area contributed by atoms with Gasteiger partial charge in [0.1, 0.15) is 5.75 Å². The van der Waals surface area contributed by atoms with Crippen molar-refractivity contribution in [1.29, 1.82) is 0 Å². The second kappa shape index (κ2) is 7.25. The highest BCUT2D eigenvalue weighted by molar-refractivity contribution is 6.06. The lowest BCUT2D eigenvalue weighted by Gasteiger charge is -2.14. The zero-order valence-electron chi connectivity index (χ0n) is 13.2. The van der Waals surface area contributed by atoms with Gasteiger partial charge in [0, 0.05) is 5.69 Å². The lowest BCUT2D eigenvalue weighted by molar-refractivity contribution is -0.138. The summed E-state index contributed by atoms with van der Waals surface area (Å²) in [7, 11) is 0. The molecule has 2 aromatic rings. The number of halogens is 3. The Morgan fingerprint density at radius 2 is 1.84 bits per heavy atom. The minimum absolute atomic E-state index is 0.00682. The molecule has 0 heterocycles. The van der Waals surface area contributed by atoms with Crippen molar-refractivity contribution < 1.29 is 27.5 Å². The molecule has 8 heteroatoms. The Morgan fingerprint density at radius 3 is 2.48 bits per heavy atom. The summed E-state index contributed by atoms with van der Waals surface area (Å²) >= 11 is 0. The third kappa shape index (κ3) is 4.72. The van der Waals surface area contributed by atoms with Gasteiger partial charge in [-0.1, -0.05) is 18.2 Å². The largest absolute Gasteiger partial charge is 0.483 e. The molecule has 3 N–H and O–H groups in total. The molecule has 0 aromatic heterocycles. The summed E-state index contributed by atoms with van der Waals surface area (Å²) in [5.41, 5.74) is 4.27. The van der Waals surface area contributed by atoms with E-state index in [1.807, 2.05) is 0 Å². The van der Waals surface area contributed by atoms with Crippen molar-refractivity contribution in [2.45, 2.75) is 13.1 Å². The first-order chi connectivity index (χ1) is 11.7. The van der Waals surface area contributed by atoms with Crippen molar-refractivity contribution in [2.24, 2.45) is 5.73 Å². The number of hydrogen-bond donors (Lipinski definition) is 2. The standard InChI is InChI=1S/C17H15F3N2O3/c1-10-6-7-11(8-13(10)17(18,19)20)22-16(24)12-4-2-3-5-14(12)25-9-15(21)23/h2-8H,9H2,1H3,(H2,21,23)(H,22,24). The molecule has 2 amide bonds. The molecule has 0 atom stereocenters. The number of nitrogens with two attached hydrogens (primary N) is 1. The van der Waals surface area contributed by atoms with Crippen LogP contribution in [0.5, 0.6) is 5.75 Å². The summed E-state index contributed by atoms with van der Waals surface area (Å²) in [5, 5.41) is 2.39. The van der Waals surface area contributed by atoms with Crippen LogP contribution in [0.4, 0.5) is 18.9 Å². The van der Waals surface area contributed by atoms with Crippen molar-refractivity contribution in [1.82, 2.24) is 0 Å². The Kier molecular flexibility index (Phi) is 5.31. The second-order valence-corrected chi connectivity index (χ2v) is 5.23. The molecule has 132 valence electrons. The molecule has 0 fully saturated rings. The van der Waals surface area contributed by atoms with Gasteiger partial charge < -0.3 is 15.8 Å². The molecule has 2 rings (SSSR count). The molecular weight excluding hydrogens is 337 g/mol. The van der Waals surface area contributed by atoms with Crippen LogP contribution < -0.4 is 15.8 Å². The molecular formula is C17H15F3N2O3. The predicted octanol–water partition coefficient (Wildman–Crippen LogP) is 3.13. The van der Waals surface area contributed by atoms with Gasteiger partial charge in [0.25, 0.3) is 11.8 Å². The molecule has 0 bridgehead atoms. The number of carbonyl (C=O) groups excluding carboxylic acids is 2. The number of primary amides is 1. The SMILES string of the molecule is Cc1ccc(NC(=O)c2ccccc2OCC(N)=O)cc1C(F)(F)F. The van der Waals surface area contributed by atoms with Crippen molar-refractivity contribution in [2.75, 3.05) is 11.9 Å². The van der Waals surface area contributed by atoms with E-state index in [0.29, 0.717) is 0 Å². The van der Waals surface area contributed by atoms with Crippen LogP contribution in [0, 0.1) is 6.92 Å². The van der Waals surface area contributed by atoms with E-state index in [9.17, 15) is 22.8 Å². The third-order valence-corrected chi connectivity index (χ3v) is 3.30. The Balaban J connectivity index is 2.25. The molecule has 0 aliphatic heterocycles. The van der Waals surface area contributed by atoms with E-state index < -0.39 is 30.2 Å². The highest BCUT2D eigenvalue weighted by atomic mass is 19.4. The first-order valence-corrected chi connectivity index (χ1v) is 7.18. The van der Waals surface area contributed by atoms with E-state index in [4.69, 9.17) is 10.5 Å². The van der Waals surface area contributed by atoms with Crippen LogP contribution in [0.1, 0.15) is 21.5 Å². The van der Waals surface area contributed by atoms with Crippen LogP contribution in [0.15, 0.2) is 42.5 Å². The van der Waals surface area contributed by atoms with Gasteiger partial charge in [-0.2, -0.15) is 13.2 Å². The summed E-state index contributed by atoms with van der Waals surface area (Å²) in [6.07, 6.45) is -4.52. The fraction of sp³-hybridized carbons (Fsp3) is 0.176. The monoisotopic (exact) mass is 352 g/mol. The first-order valence-electron chi connectivity index (χ1n) is 7.18.